The van der Waals surface area contributed by atoms with Gasteiger partial charge in [0.25, 0.3) is 5.91 Å². The van der Waals surface area contributed by atoms with Crippen LogP contribution < -0.4 is 15.0 Å². The van der Waals surface area contributed by atoms with E-state index in [2.05, 4.69) is 5.32 Å². The van der Waals surface area contributed by atoms with Crippen molar-refractivity contribution in [3.8, 4) is 5.75 Å². The summed E-state index contributed by atoms with van der Waals surface area (Å²) >= 11 is 1.42. The lowest BCUT2D eigenvalue weighted by atomic mass is 10.3. The number of nitrogens with zero attached hydrogens (tertiary/aromatic N) is 1. The zero-order chi connectivity index (χ0) is 9.54. The molecule has 0 saturated heterocycles. The minimum Gasteiger partial charge on any atom is -0.489 e. The van der Waals surface area contributed by atoms with Crippen LogP contribution in [0.2, 0.25) is 0 Å². The Bertz CT molecular complexity index is 424. The van der Waals surface area contributed by atoms with Crippen molar-refractivity contribution in [1.29, 1.82) is 0 Å². The minimum atomic E-state index is -0.0551. The summed E-state index contributed by atoms with van der Waals surface area (Å²) in [6, 6.07) is 0. The van der Waals surface area contributed by atoms with Crippen LogP contribution in [-0.4, -0.2) is 19.1 Å². The van der Waals surface area contributed by atoms with Gasteiger partial charge in [0.2, 0.25) is 0 Å². The molecule has 0 radical (unpaired) electrons. The van der Waals surface area contributed by atoms with Crippen LogP contribution in [0.15, 0.2) is 17.8 Å². The molecule has 1 aromatic heterocycles. The van der Waals surface area contributed by atoms with Crippen molar-refractivity contribution in [2.75, 3.05) is 18.1 Å². The van der Waals surface area contributed by atoms with Gasteiger partial charge >= 0.3 is 0 Å². The van der Waals surface area contributed by atoms with E-state index < -0.39 is 0 Å². The molecule has 1 N–H and O–H groups in total. The number of nitrogens with one attached hydrogen (secondary N) is 1. The number of amides is 1. The van der Waals surface area contributed by atoms with Gasteiger partial charge in [-0.25, -0.2) is 0 Å². The highest BCUT2D eigenvalue weighted by Crippen LogP contribution is 2.40. The van der Waals surface area contributed by atoms with Crippen LogP contribution in [0.4, 0.5) is 5.69 Å². The monoisotopic (exact) mass is 208 g/mol. The van der Waals surface area contributed by atoms with Crippen LogP contribution in [0.5, 0.6) is 5.75 Å². The van der Waals surface area contributed by atoms with Gasteiger partial charge in [0.05, 0.1) is 6.54 Å². The normalized spacial score (nSPS) is 18.3. The molecule has 1 aromatic rings. The second kappa shape index (κ2) is 2.75. The highest BCUT2D eigenvalue weighted by Gasteiger charge is 2.27. The SMILES string of the molecule is O=C1NC=CN2CCOc3csc1c32. The molecule has 0 fully saturated rings. The highest BCUT2D eigenvalue weighted by molar-refractivity contribution is 7.13. The molecule has 2 aliphatic heterocycles. The first-order valence-corrected chi connectivity index (χ1v) is 5.23. The van der Waals surface area contributed by atoms with Crippen molar-refractivity contribution in [2.24, 2.45) is 0 Å². The van der Waals surface area contributed by atoms with Crippen LogP contribution in [0.25, 0.3) is 0 Å². The Balaban J connectivity index is 2.22. The molecule has 0 aromatic carbocycles. The van der Waals surface area contributed by atoms with Crippen molar-refractivity contribution >= 4 is 22.9 Å². The Morgan fingerprint density at radius 1 is 1.57 bits per heavy atom. The van der Waals surface area contributed by atoms with Crippen LogP contribution in [0.3, 0.4) is 0 Å². The van der Waals surface area contributed by atoms with E-state index >= 15 is 0 Å². The third kappa shape index (κ3) is 0.957. The van der Waals surface area contributed by atoms with Gasteiger partial charge in [0.1, 0.15) is 17.2 Å². The van der Waals surface area contributed by atoms with E-state index in [1.807, 2.05) is 16.5 Å². The zero-order valence-corrected chi connectivity index (χ0v) is 8.13. The number of hydrogen-bond acceptors (Lipinski definition) is 4. The summed E-state index contributed by atoms with van der Waals surface area (Å²) in [4.78, 5) is 14.3. The van der Waals surface area contributed by atoms with E-state index in [4.69, 9.17) is 4.74 Å². The van der Waals surface area contributed by atoms with E-state index in [1.165, 1.54) is 11.3 Å². The summed E-state index contributed by atoms with van der Waals surface area (Å²) in [6.45, 7) is 1.46. The van der Waals surface area contributed by atoms with Gasteiger partial charge in [-0.15, -0.1) is 11.3 Å². The fourth-order valence-corrected chi connectivity index (χ4v) is 2.55. The van der Waals surface area contributed by atoms with E-state index in [0.717, 1.165) is 22.9 Å². The smallest absolute Gasteiger partial charge is 0.267 e. The Hall–Kier alpha value is -1.49. The minimum absolute atomic E-state index is 0.0551. The topological polar surface area (TPSA) is 41.6 Å². The summed E-state index contributed by atoms with van der Waals surface area (Å²) < 4.78 is 5.47. The summed E-state index contributed by atoms with van der Waals surface area (Å²) in [6.07, 6.45) is 3.55. The maximum absolute atomic E-state index is 11.6. The second-order valence-corrected chi connectivity index (χ2v) is 3.99. The second-order valence-electron chi connectivity index (χ2n) is 3.11. The van der Waals surface area contributed by atoms with Crippen LogP contribution in [0.1, 0.15) is 9.67 Å². The highest BCUT2D eigenvalue weighted by atomic mass is 32.1. The van der Waals surface area contributed by atoms with Crippen LogP contribution in [0, 0.1) is 0 Å². The molecule has 0 spiro atoms. The lowest BCUT2D eigenvalue weighted by Crippen LogP contribution is -2.27. The van der Waals surface area contributed by atoms with Gasteiger partial charge in [0.15, 0.2) is 5.75 Å². The molecule has 1 amide bonds. The van der Waals surface area contributed by atoms with Gasteiger partial charge in [-0.1, -0.05) is 0 Å². The molecular weight excluding hydrogens is 200 g/mol. The number of hydrogen-bond donors (Lipinski definition) is 1. The first-order chi connectivity index (χ1) is 6.86. The first kappa shape index (κ1) is 7.87. The Labute approximate surface area is 84.8 Å². The van der Waals surface area contributed by atoms with E-state index in [1.54, 1.807) is 6.20 Å². The van der Waals surface area contributed by atoms with Crippen LogP contribution in [-0.2, 0) is 0 Å². The quantitative estimate of drug-likeness (QED) is 0.695. The first-order valence-electron chi connectivity index (χ1n) is 4.35. The molecule has 0 bridgehead atoms. The molecule has 2 aliphatic rings. The van der Waals surface area contributed by atoms with Crippen molar-refractivity contribution in [1.82, 2.24) is 5.32 Å². The molecule has 3 rings (SSSR count). The number of anilines is 1. The van der Waals surface area contributed by atoms with Gasteiger partial charge in [-0.3, -0.25) is 4.79 Å². The fraction of sp³-hybridized carbons (Fsp3) is 0.222. The summed E-state index contributed by atoms with van der Waals surface area (Å²) in [5.41, 5.74) is 0.910. The molecule has 0 atom stereocenters. The predicted octanol–water partition coefficient (Wildman–Crippen LogP) is 1.16. The lowest BCUT2D eigenvalue weighted by Gasteiger charge is -2.25. The molecule has 5 heteroatoms. The van der Waals surface area contributed by atoms with Gasteiger partial charge < -0.3 is 15.0 Å². The van der Waals surface area contributed by atoms with E-state index in [0.29, 0.717) is 6.61 Å². The van der Waals surface area contributed by atoms with E-state index in [9.17, 15) is 4.79 Å². The molecular formula is C9H8N2O2S. The number of carbonyl (C=O) groups is 1. The molecule has 14 heavy (non-hydrogen) atoms. The molecule has 3 heterocycles. The number of ether oxygens (including phenoxy) is 1. The zero-order valence-electron chi connectivity index (χ0n) is 7.32. The Kier molecular flexibility index (Phi) is 1.55. The largest absolute Gasteiger partial charge is 0.489 e. The summed E-state index contributed by atoms with van der Waals surface area (Å²) in [5.74, 6) is 0.762. The third-order valence-electron chi connectivity index (χ3n) is 2.28. The lowest BCUT2D eigenvalue weighted by molar-refractivity contribution is 0.0975. The van der Waals surface area contributed by atoms with Crippen molar-refractivity contribution < 1.29 is 9.53 Å². The molecule has 0 aliphatic carbocycles. The molecule has 72 valence electrons. The van der Waals surface area contributed by atoms with Gasteiger partial charge in [0, 0.05) is 17.8 Å². The maximum Gasteiger partial charge on any atom is 0.267 e. The third-order valence-corrected chi connectivity index (χ3v) is 3.23. The number of thiophene rings is 1. The average Bonchev–Trinajstić information content (AvgIpc) is 2.54. The van der Waals surface area contributed by atoms with Crippen molar-refractivity contribution in [3.63, 3.8) is 0 Å². The Morgan fingerprint density at radius 2 is 2.50 bits per heavy atom. The summed E-state index contributed by atoms with van der Waals surface area (Å²) in [7, 11) is 0. The molecule has 4 nitrogen and oxygen atoms in total. The average molecular weight is 208 g/mol. The number of rotatable bonds is 0. The molecule has 0 unspecified atom stereocenters. The van der Waals surface area contributed by atoms with Gasteiger partial charge in [-0.05, 0) is 0 Å². The van der Waals surface area contributed by atoms with Crippen molar-refractivity contribution in [3.05, 3.63) is 22.7 Å². The van der Waals surface area contributed by atoms with Gasteiger partial charge in [-0.2, -0.15) is 0 Å². The predicted molar refractivity (Wildman–Crippen MR) is 53.8 cm³/mol. The van der Waals surface area contributed by atoms with E-state index in [-0.39, 0.29) is 5.91 Å². The maximum atomic E-state index is 11.6. The van der Waals surface area contributed by atoms with Crippen LogP contribution >= 0.6 is 11.3 Å². The molecule has 0 saturated carbocycles. The standard InChI is InChI=1S/C9H8N2O2S/c12-9-8-7-6(5-14-8)13-4-3-11(7)2-1-10-9/h1-2,5H,3-4H2,(H,10,12). The summed E-state index contributed by atoms with van der Waals surface area (Å²) in [5, 5.41) is 4.58. The fourth-order valence-electron chi connectivity index (χ4n) is 1.65. The number of carbonyl (C=O) groups excluding carboxylic acids is 1. The van der Waals surface area contributed by atoms with Crippen molar-refractivity contribution in [2.45, 2.75) is 0 Å². The Morgan fingerprint density at radius 3 is 3.43 bits per heavy atom.